The van der Waals surface area contributed by atoms with Crippen LogP contribution in [0, 0.1) is 11.7 Å². The molecule has 18 heavy (non-hydrogen) atoms. The molecule has 1 atom stereocenters. The molecular weight excluding hydrogens is 293 g/mol. The summed E-state index contributed by atoms with van der Waals surface area (Å²) < 4.78 is 13.8. The van der Waals surface area contributed by atoms with Crippen molar-refractivity contribution in [2.24, 2.45) is 5.92 Å². The monoisotopic (exact) mass is 313 g/mol. The highest BCUT2D eigenvalue weighted by Crippen LogP contribution is 2.31. The minimum atomic E-state index is -0.184. The number of hydrogen-bond acceptors (Lipinski definition) is 1. The first-order chi connectivity index (χ1) is 8.51. The van der Waals surface area contributed by atoms with Gasteiger partial charge < -0.3 is 5.32 Å². The summed E-state index contributed by atoms with van der Waals surface area (Å²) in [5.41, 5.74) is 1.42. The van der Waals surface area contributed by atoms with Crippen LogP contribution in [0.5, 0.6) is 0 Å². The molecule has 1 aromatic carbocycles. The smallest absolute Gasteiger partial charge is 0.137 e. The van der Waals surface area contributed by atoms with Crippen LogP contribution in [0.3, 0.4) is 0 Å². The molecule has 1 aliphatic heterocycles. The van der Waals surface area contributed by atoms with Crippen molar-refractivity contribution in [1.29, 1.82) is 0 Å². The summed E-state index contributed by atoms with van der Waals surface area (Å²) >= 11 is 3.27. The molecule has 1 heterocycles. The van der Waals surface area contributed by atoms with E-state index in [0.717, 1.165) is 13.0 Å². The second-order valence-corrected chi connectivity index (χ2v) is 6.69. The third-order valence-corrected chi connectivity index (χ3v) is 4.27. The van der Waals surface area contributed by atoms with Gasteiger partial charge in [0, 0.05) is 5.54 Å². The number of benzene rings is 1. The van der Waals surface area contributed by atoms with Crippen LogP contribution in [-0.2, 0) is 6.42 Å². The Balaban J connectivity index is 2.15. The van der Waals surface area contributed by atoms with Crippen molar-refractivity contribution in [2.75, 3.05) is 6.54 Å². The molecule has 100 valence electrons. The van der Waals surface area contributed by atoms with E-state index in [1.165, 1.54) is 24.8 Å². The maximum absolute atomic E-state index is 13.3. The Kier molecular flexibility index (Phi) is 4.44. The summed E-state index contributed by atoms with van der Waals surface area (Å²) in [5.74, 6) is 0.496. The van der Waals surface area contributed by atoms with E-state index in [1.807, 2.05) is 12.1 Å². The van der Waals surface area contributed by atoms with Crippen molar-refractivity contribution in [3.63, 3.8) is 0 Å². The first-order valence-electron chi connectivity index (χ1n) is 6.70. The molecule has 0 aromatic heterocycles. The van der Waals surface area contributed by atoms with Gasteiger partial charge in [-0.15, -0.1) is 0 Å². The maximum Gasteiger partial charge on any atom is 0.137 e. The number of hydrogen-bond donors (Lipinski definition) is 1. The van der Waals surface area contributed by atoms with Crippen molar-refractivity contribution >= 4 is 15.9 Å². The Hall–Kier alpha value is -0.410. The van der Waals surface area contributed by atoms with Gasteiger partial charge in [0.1, 0.15) is 5.82 Å². The van der Waals surface area contributed by atoms with Gasteiger partial charge in [-0.05, 0) is 71.8 Å². The fraction of sp³-hybridized carbons (Fsp3) is 0.600. The molecule has 0 aliphatic carbocycles. The van der Waals surface area contributed by atoms with Crippen LogP contribution in [0.4, 0.5) is 4.39 Å². The van der Waals surface area contributed by atoms with E-state index in [2.05, 4.69) is 35.1 Å². The van der Waals surface area contributed by atoms with Gasteiger partial charge in [-0.25, -0.2) is 4.39 Å². The molecule has 0 saturated carbocycles. The zero-order valence-corrected chi connectivity index (χ0v) is 12.7. The number of nitrogens with one attached hydrogen (secondary N) is 1. The zero-order chi connectivity index (χ0) is 13.2. The first-order valence-corrected chi connectivity index (χ1v) is 7.49. The van der Waals surface area contributed by atoms with Gasteiger partial charge in [0.2, 0.25) is 0 Å². The van der Waals surface area contributed by atoms with Gasteiger partial charge in [-0.1, -0.05) is 19.9 Å². The van der Waals surface area contributed by atoms with Crippen LogP contribution in [0.2, 0.25) is 0 Å². The molecule has 3 heteroatoms. The minimum Gasteiger partial charge on any atom is -0.311 e. The highest BCUT2D eigenvalue weighted by atomic mass is 79.9. The van der Waals surface area contributed by atoms with Crippen LogP contribution in [0.25, 0.3) is 0 Å². The molecule has 0 radical (unpaired) electrons. The first kappa shape index (κ1) is 14.0. The summed E-state index contributed by atoms with van der Waals surface area (Å²) in [4.78, 5) is 0. The lowest BCUT2D eigenvalue weighted by Crippen LogP contribution is -2.43. The third-order valence-electron chi connectivity index (χ3n) is 3.66. The number of rotatable bonds is 4. The van der Waals surface area contributed by atoms with E-state index in [1.54, 1.807) is 6.07 Å². The molecule has 1 nitrogen and oxygen atoms in total. The Labute approximate surface area is 117 Å². The molecular formula is C15H21BrFN. The SMILES string of the molecule is CC(C)CC1(Cc2ccc(F)c(Br)c2)CCCN1. The van der Waals surface area contributed by atoms with Crippen LogP contribution in [-0.4, -0.2) is 12.1 Å². The van der Waals surface area contributed by atoms with Gasteiger partial charge in [0.15, 0.2) is 0 Å². The predicted octanol–water partition coefficient (Wildman–Crippen LogP) is 4.30. The van der Waals surface area contributed by atoms with E-state index in [9.17, 15) is 4.39 Å². The fourth-order valence-electron chi connectivity index (χ4n) is 3.09. The minimum absolute atomic E-state index is 0.184. The van der Waals surface area contributed by atoms with Crippen molar-refractivity contribution in [3.8, 4) is 0 Å². The highest BCUT2D eigenvalue weighted by Gasteiger charge is 2.34. The zero-order valence-electron chi connectivity index (χ0n) is 11.1. The molecule has 0 bridgehead atoms. The molecule has 1 N–H and O–H groups in total. The molecule has 1 saturated heterocycles. The summed E-state index contributed by atoms with van der Waals surface area (Å²) in [5, 5.41) is 3.67. The summed E-state index contributed by atoms with van der Waals surface area (Å²) in [7, 11) is 0. The highest BCUT2D eigenvalue weighted by molar-refractivity contribution is 9.10. The van der Waals surface area contributed by atoms with Gasteiger partial charge in [-0.3, -0.25) is 0 Å². The number of halogens is 2. The maximum atomic E-state index is 13.3. The van der Waals surface area contributed by atoms with E-state index in [-0.39, 0.29) is 11.4 Å². The van der Waals surface area contributed by atoms with Gasteiger partial charge in [0.05, 0.1) is 4.47 Å². The molecule has 1 aromatic rings. The van der Waals surface area contributed by atoms with Crippen molar-refractivity contribution in [1.82, 2.24) is 5.32 Å². The quantitative estimate of drug-likeness (QED) is 0.874. The lowest BCUT2D eigenvalue weighted by Gasteiger charge is -2.32. The Morgan fingerprint density at radius 3 is 2.78 bits per heavy atom. The molecule has 1 fully saturated rings. The van der Waals surface area contributed by atoms with Crippen molar-refractivity contribution in [2.45, 2.75) is 45.1 Å². The lowest BCUT2D eigenvalue weighted by atomic mass is 9.82. The lowest BCUT2D eigenvalue weighted by molar-refractivity contribution is 0.301. The molecule has 1 aliphatic rings. The van der Waals surface area contributed by atoms with Gasteiger partial charge >= 0.3 is 0 Å². The van der Waals surface area contributed by atoms with E-state index >= 15 is 0 Å². The molecule has 0 spiro atoms. The summed E-state index contributed by atoms with van der Waals surface area (Å²) in [6.07, 6.45) is 4.64. The second kappa shape index (κ2) is 5.70. The Morgan fingerprint density at radius 1 is 1.44 bits per heavy atom. The van der Waals surface area contributed by atoms with Crippen LogP contribution in [0.15, 0.2) is 22.7 Å². The second-order valence-electron chi connectivity index (χ2n) is 5.83. The van der Waals surface area contributed by atoms with Crippen LogP contribution >= 0.6 is 15.9 Å². The van der Waals surface area contributed by atoms with Gasteiger partial charge in [-0.2, -0.15) is 0 Å². The predicted molar refractivity (Wildman–Crippen MR) is 77.2 cm³/mol. The van der Waals surface area contributed by atoms with Crippen LogP contribution < -0.4 is 5.32 Å². The Morgan fingerprint density at radius 2 is 2.22 bits per heavy atom. The Bertz CT molecular complexity index is 411. The van der Waals surface area contributed by atoms with Crippen LogP contribution in [0.1, 0.15) is 38.7 Å². The van der Waals surface area contributed by atoms with Gasteiger partial charge in [0.25, 0.3) is 0 Å². The summed E-state index contributed by atoms with van der Waals surface area (Å²) in [6.45, 7) is 5.64. The van der Waals surface area contributed by atoms with E-state index in [4.69, 9.17) is 0 Å². The van der Waals surface area contributed by atoms with Crippen molar-refractivity contribution < 1.29 is 4.39 Å². The topological polar surface area (TPSA) is 12.0 Å². The molecule has 1 unspecified atom stereocenters. The summed E-state index contributed by atoms with van der Waals surface area (Å²) in [6, 6.07) is 5.37. The average molecular weight is 314 g/mol. The third kappa shape index (κ3) is 3.33. The normalized spacial score (nSPS) is 23.8. The molecule has 2 rings (SSSR count). The fourth-order valence-corrected chi connectivity index (χ4v) is 3.51. The largest absolute Gasteiger partial charge is 0.311 e. The van der Waals surface area contributed by atoms with E-state index < -0.39 is 0 Å². The standard InChI is InChI=1S/C15H21BrFN/c1-11(2)9-15(6-3-7-18-15)10-12-4-5-14(17)13(16)8-12/h4-5,8,11,18H,3,6-7,9-10H2,1-2H3. The van der Waals surface area contributed by atoms with Crippen molar-refractivity contribution in [3.05, 3.63) is 34.1 Å². The van der Waals surface area contributed by atoms with E-state index in [0.29, 0.717) is 10.4 Å². The molecule has 0 amide bonds. The average Bonchev–Trinajstić information content (AvgIpc) is 2.71.